The van der Waals surface area contributed by atoms with Gasteiger partial charge in [-0.05, 0) is 50.2 Å². The van der Waals surface area contributed by atoms with Crippen LogP contribution in [0.25, 0.3) is 0 Å². The first-order valence-corrected chi connectivity index (χ1v) is 9.75. The number of hydrogen-bond donors (Lipinski definition) is 4. The Morgan fingerprint density at radius 1 is 1.26 bits per heavy atom. The van der Waals surface area contributed by atoms with Gasteiger partial charge in [0.05, 0.1) is 11.7 Å². The SMILES string of the molecule is CC12C=CC(=O)C=C1CCC1C2C(O)CC2(C)C(O)(C(=O)CO)CCC12O. The monoisotopic (exact) mass is 376 g/mol. The normalized spacial score (nSPS) is 51.3. The number of ketones is 2. The molecule has 0 bridgehead atoms. The maximum Gasteiger partial charge on any atom is 0.190 e. The molecule has 6 nitrogen and oxygen atoms in total. The van der Waals surface area contributed by atoms with Gasteiger partial charge in [0.15, 0.2) is 11.6 Å². The van der Waals surface area contributed by atoms with Crippen molar-refractivity contribution in [1.82, 2.24) is 0 Å². The van der Waals surface area contributed by atoms with Crippen molar-refractivity contribution in [3.63, 3.8) is 0 Å². The number of fused-ring (bicyclic) bond motifs is 5. The first-order chi connectivity index (χ1) is 12.5. The van der Waals surface area contributed by atoms with E-state index in [1.54, 1.807) is 13.0 Å². The second-order valence-corrected chi connectivity index (χ2v) is 9.33. The van der Waals surface area contributed by atoms with Gasteiger partial charge in [0.2, 0.25) is 0 Å². The zero-order chi connectivity index (χ0) is 19.8. The Balaban J connectivity index is 1.81. The largest absolute Gasteiger partial charge is 0.393 e. The third-order valence-electron chi connectivity index (χ3n) is 8.44. The molecule has 148 valence electrons. The summed E-state index contributed by atoms with van der Waals surface area (Å²) in [5.41, 5.74) is -3.96. The highest BCUT2D eigenvalue weighted by Crippen LogP contribution is 2.68. The van der Waals surface area contributed by atoms with Gasteiger partial charge in [-0.25, -0.2) is 0 Å². The van der Waals surface area contributed by atoms with E-state index in [0.29, 0.717) is 12.8 Å². The van der Waals surface area contributed by atoms with Gasteiger partial charge in [0, 0.05) is 16.7 Å². The number of carbonyl (C=O) groups is 2. The van der Waals surface area contributed by atoms with Crippen LogP contribution in [0.5, 0.6) is 0 Å². The second kappa shape index (κ2) is 5.60. The summed E-state index contributed by atoms with van der Waals surface area (Å²) < 4.78 is 0. The van der Waals surface area contributed by atoms with E-state index in [-0.39, 0.29) is 36.9 Å². The Kier molecular flexibility index (Phi) is 3.94. The van der Waals surface area contributed by atoms with Gasteiger partial charge >= 0.3 is 0 Å². The van der Waals surface area contributed by atoms with Gasteiger partial charge < -0.3 is 20.4 Å². The summed E-state index contributed by atoms with van der Waals surface area (Å²) in [6.07, 6.45) is 5.76. The van der Waals surface area contributed by atoms with Crippen LogP contribution in [-0.2, 0) is 9.59 Å². The Labute approximate surface area is 158 Å². The number of hydrogen-bond acceptors (Lipinski definition) is 6. The lowest BCUT2D eigenvalue weighted by molar-refractivity contribution is -0.239. The van der Waals surface area contributed by atoms with E-state index < -0.39 is 40.5 Å². The summed E-state index contributed by atoms with van der Waals surface area (Å²) in [5.74, 6) is -1.37. The average molecular weight is 376 g/mol. The molecule has 0 spiro atoms. The Morgan fingerprint density at radius 2 is 1.96 bits per heavy atom. The zero-order valence-corrected chi connectivity index (χ0v) is 15.8. The van der Waals surface area contributed by atoms with Gasteiger partial charge in [0.1, 0.15) is 12.2 Å². The maximum atomic E-state index is 12.4. The van der Waals surface area contributed by atoms with Crippen LogP contribution in [0.1, 0.15) is 46.0 Å². The number of carbonyl (C=O) groups excluding carboxylic acids is 2. The lowest BCUT2D eigenvalue weighted by Gasteiger charge is -2.62. The first kappa shape index (κ1) is 19.0. The van der Waals surface area contributed by atoms with Gasteiger partial charge in [0.25, 0.3) is 0 Å². The fourth-order valence-electron chi connectivity index (χ4n) is 6.86. The fourth-order valence-corrected chi connectivity index (χ4v) is 6.86. The minimum Gasteiger partial charge on any atom is -0.393 e. The molecule has 0 saturated heterocycles. The van der Waals surface area contributed by atoms with Crippen molar-refractivity contribution in [2.75, 3.05) is 6.61 Å². The Bertz CT molecular complexity index is 771. The molecule has 27 heavy (non-hydrogen) atoms. The number of aliphatic hydroxyl groups excluding tert-OH is 2. The van der Waals surface area contributed by atoms with Crippen LogP contribution in [0.3, 0.4) is 0 Å². The van der Waals surface area contributed by atoms with Crippen molar-refractivity contribution in [3.05, 3.63) is 23.8 Å². The van der Waals surface area contributed by atoms with E-state index in [2.05, 4.69) is 0 Å². The van der Waals surface area contributed by atoms with E-state index in [9.17, 15) is 30.0 Å². The Morgan fingerprint density at radius 3 is 2.63 bits per heavy atom. The van der Waals surface area contributed by atoms with E-state index in [1.807, 2.05) is 13.0 Å². The number of allylic oxidation sites excluding steroid dienone is 4. The minimum absolute atomic E-state index is 0.0569. The molecule has 7 atom stereocenters. The highest BCUT2D eigenvalue weighted by Gasteiger charge is 2.74. The van der Waals surface area contributed by atoms with Crippen LogP contribution in [0, 0.1) is 22.7 Å². The molecule has 4 N–H and O–H groups in total. The molecule has 4 rings (SSSR count). The van der Waals surface area contributed by atoms with Crippen LogP contribution < -0.4 is 0 Å². The van der Waals surface area contributed by atoms with Crippen LogP contribution in [0.2, 0.25) is 0 Å². The van der Waals surface area contributed by atoms with Crippen LogP contribution >= 0.6 is 0 Å². The van der Waals surface area contributed by atoms with Gasteiger partial charge in [-0.15, -0.1) is 0 Å². The van der Waals surface area contributed by atoms with E-state index in [0.717, 1.165) is 5.57 Å². The molecular formula is C21H28O6. The van der Waals surface area contributed by atoms with E-state index in [1.165, 1.54) is 6.08 Å². The highest BCUT2D eigenvalue weighted by atomic mass is 16.3. The molecule has 0 aromatic heterocycles. The minimum atomic E-state index is -1.85. The second-order valence-electron chi connectivity index (χ2n) is 9.33. The quantitative estimate of drug-likeness (QED) is 0.563. The average Bonchev–Trinajstić information content (AvgIpc) is 2.83. The standard InChI is InChI=1S/C21H28O6/c1-18-6-5-13(23)9-12(18)3-4-14-17(18)15(24)10-19(2)20(14,26)7-8-21(19,27)16(25)11-22/h5-6,9,14-15,17,22,24,26-27H,3-4,7-8,10-11H2,1-2H3. The molecule has 0 amide bonds. The molecule has 7 unspecified atom stereocenters. The molecule has 6 heteroatoms. The molecule has 0 aromatic rings. The van der Waals surface area contributed by atoms with Crippen molar-refractivity contribution in [2.24, 2.45) is 22.7 Å². The number of aliphatic hydroxyl groups is 4. The number of Topliss-reactive ketones (excluding diaryl/α,β-unsaturated/α-hetero) is 1. The predicted octanol–water partition coefficient (Wildman–Crippen LogP) is 0.672. The van der Waals surface area contributed by atoms with Crippen LogP contribution in [-0.4, -0.2) is 55.9 Å². The van der Waals surface area contributed by atoms with Crippen molar-refractivity contribution >= 4 is 11.6 Å². The summed E-state index contributed by atoms with van der Waals surface area (Å²) in [5, 5.41) is 43.5. The van der Waals surface area contributed by atoms with E-state index >= 15 is 0 Å². The Hall–Kier alpha value is -1.34. The summed E-state index contributed by atoms with van der Waals surface area (Å²) in [6.45, 7) is 2.87. The maximum absolute atomic E-state index is 12.4. The lowest BCUT2D eigenvalue weighted by Crippen LogP contribution is -2.69. The molecule has 4 aliphatic carbocycles. The molecule has 0 heterocycles. The summed E-state index contributed by atoms with van der Waals surface area (Å²) in [6, 6.07) is 0. The van der Waals surface area contributed by atoms with Crippen molar-refractivity contribution in [2.45, 2.75) is 63.3 Å². The molecule has 4 aliphatic rings. The molecular weight excluding hydrogens is 348 g/mol. The summed E-state index contributed by atoms with van der Waals surface area (Å²) in [7, 11) is 0. The van der Waals surface area contributed by atoms with Crippen LogP contribution in [0.4, 0.5) is 0 Å². The first-order valence-electron chi connectivity index (χ1n) is 9.75. The zero-order valence-electron chi connectivity index (χ0n) is 15.8. The van der Waals surface area contributed by atoms with Gasteiger partial charge in [-0.1, -0.05) is 25.5 Å². The smallest absolute Gasteiger partial charge is 0.190 e. The number of rotatable bonds is 2. The fraction of sp³-hybridized carbons (Fsp3) is 0.714. The third kappa shape index (κ3) is 2.10. The third-order valence-corrected chi connectivity index (χ3v) is 8.44. The van der Waals surface area contributed by atoms with Crippen LogP contribution in [0.15, 0.2) is 23.8 Å². The lowest BCUT2D eigenvalue weighted by atomic mass is 9.44. The summed E-state index contributed by atoms with van der Waals surface area (Å²) >= 11 is 0. The van der Waals surface area contributed by atoms with E-state index in [4.69, 9.17) is 0 Å². The molecule has 0 aromatic carbocycles. The molecule has 0 aliphatic heterocycles. The summed E-state index contributed by atoms with van der Waals surface area (Å²) in [4.78, 5) is 24.2. The topological polar surface area (TPSA) is 115 Å². The molecule has 0 radical (unpaired) electrons. The van der Waals surface area contributed by atoms with Crippen molar-refractivity contribution in [3.8, 4) is 0 Å². The van der Waals surface area contributed by atoms with Gasteiger partial charge in [-0.2, -0.15) is 0 Å². The van der Waals surface area contributed by atoms with Crippen molar-refractivity contribution < 1.29 is 30.0 Å². The molecule has 3 saturated carbocycles. The predicted molar refractivity (Wildman–Crippen MR) is 96.5 cm³/mol. The van der Waals surface area contributed by atoms with Crippen molar-refractivity contribution in [1.29, 1.82) is 0 Å². The van der Waals surface area contributed by atoms with Gasteiger partial charge in [-0.3, -0.25) is 9.59 Å². The molecule has 3 fully saturated rings. The highest BCUT2D eigenvalue weighted by molar-refractivity contribution is 6.01.